The Morgan fingerprint density at radius 3 is 2.49 bits per heavy atom. The van der Waals surface area contributed by atoms with E-state index in [0.717, 1.165) is 16.5 Å². The first-order valence-electron chi connectivity index (χ1n) is 11.2. The zero-order valence-electron chi connectivity index (χ0n) is 18.8. The minimum absolute atomic E-state index is 0.0170. The number of allylic oxidation sites excluding steroid dienone is 1. The summed E-state index contributed by atoms with van der Waals surface area (Å²) in [6, 6.07) is 16.3. The second-order valence-corrected chi connectivity index (χ2v) is 8.70. The van der Waals surface area contributed by atoms with Crippen LogP contribution in [0.25, 0.3) is 16.6 Å². The number of amides is 2. The Morgan fingerprint density at radius 2 is 1.74 bits per heavy atom. The Balaban J connectivity index is 1.31. The fourth-order valence-electron chi connectivity index (χ4n) is 4.52. The predicted octanol–water partition coefficient (Wildman–Crippen LogP) is 4.62. The van der Waals surface area contributed by atoms with Crippen LogP contribution in [0.15, 0.2) is 90.0 Å². The molecule has 3 N–H and O–H groups in total. The van der Waals surface area contributed by atoms with Gasteiger partial charge in [-0.05, 0) is 54.6 Å². The van der Waals surface area contributed by atoms with E-state index in [1.807, 2.05) is 30.5 Å². The maximum absolute atomic E-state index is 14.8. The topological polar surface area (TPSA) is 96.0 Å². The number of aromatic nitrogens is 2. The fourth-order valence-corrected chi connectivity index (χ4v) is 4.52. The van der Waals surface area contributed by atoms with Crippen LogP contribution in [0.5, 0.6) is 0 Å². The van der Waals surface area contributed by atoms with Gasteiger partial charge in [-0.15, -0.1) is 0 Å². The molecule has 8 heteroatoms. The third-order valence-electron chi connectivity index (χ3n) is 6.31. The number of hydrogen-bond donors (Lipinski definition) is 3. The van der Waals surface area contributed by atoms with Crippen LogP contribution in [0.2, 0.25) is 0 Å². The average Bonchev–Trinajstić information content (AvgIpc) is 3.47. The van der Waals surface area contributed by atoms with Gasteiger partial charge in [0.25, 0.3) is 5.56 Å². The highest BCUT2D eigenvalue weighted by Gasteiger charge is 2.39. The molecule has 0 aliphatic heterocycles. The Labute approximate surface area is 200 Å². The summed E-state index contributed by atoms with van der Waals surface area (Å²) < 4.78 is 16.1. The number of H-pyrrole nitrogens is 1. The highest BCUT2D eigenvalue weighted by Crippen LogP contribution is 2.37. The number of fused-ring (bicyclic) bond motifs is 1. The molecule has 1 saturated carbocycles. The van der Waals surface area contributed by atoms with Crippen molar-refractivity contribution in [2.24, 2.45) is 11.8 Å². The Hall–Kier alpha value is -4.46. The van der Waals surface area contributed by atoms with Gasteiger partial charge >= 0.3 is 0 Å². The minimum Gasteiger partial charge on any atom is -0.361 e. The molecule has 0 saturated heterocycles. The van der Waals surface area contributed by atoms with Gasteiger partial charge in [0.2, 0.25) is 11.8 Å². The van der Waals surface area contributed by atoms with Gasteiger partial charge < -0.3 is 15.6 Å². The van der Waals surface area contributed by atoms with E-state index >= 15 is 0 Å². The first kappa shape index (κ1) is 22.3. The van der Waals surface area contributed by atoms with Crippen LogP contribution >= 0.6 is 0 Å². The molecule has 176 valence electrons. The van der Waals surface area contributed by atoms with Gasteiger partial charge in [-0.3, -0.25) is 19.0 Å². The number of benzene rings is 2. The molecular weight excluding hydrogens is 447 g/mol. The molecule has 2 aromatic carbocycles. The monoisotopic (exact) mass is 470 g/mol. The molecule has 1 fully saturated rings. The molecule has 1 aliphatic rings. The van der Waals surface area contributed by atoms with Crippen molar-refractivity contribution in [3.8, 4) is 5.69 Å². The molecule has 0 spiro atoms. The highest BCUT2D eigenvalue weighted by molar-refractivity contribution is 6.01. The van der Waals surface area contributed by atoms with Gasteiger partial charge in [0.15, 0.2) is 0 Å². The zero-order valence-corrected chi connectivity index (χ0v) is 18.8. The van der Waals surface area contributed by atoms with Crippen molar-refractivity contribution >= 4 is 34.1 Å². The van der Waals surface area contributed by atoms with Crippen LogP contribution in [-0.4, -0.2) is 21.4 Å². The molecule has 0 bridgehead atoms. The van der Waals surface area contributed by atoms with Crippen LogP contribution in [0.4, 0.5) is 15.8 Å². The second kappa shape index (κ2) is 9.06. The molecule has 4 aromatic rings. The lowest BCUT2D eigenvalue weighted by Gasteiger charge is -2.19. The van der Waals surface area contributed by atoms with Crippen molar-refractivity contribution < 1.29 is 14.0 Å². The molecular formula is C27H23FN4O3. The van der Waals surface area contributed by atoms with E-state index in [0.29, 0.717) is 24.2 Å². The normalized spacial score (nSPS) is 17.5. The predicted molar refractivity (Wildman–Crippen MR) is 133 cm³/mol. The van der Waals surface area contributed by atoms with Gasteiger partial charge in [0.05, 0.1) is 23.2 Å². The van der Waals surface area contributed by atoms with Gasteiger partial charge in [0, 0.05) is 35.7 Å². The van der Waals surface area contributed by atoms with Crippen LogP contribution < -0.4 is 16.2 Å². The highest BCUT2D eigenvalue weighted by atomic mass is 19.1. The average molecular weight is 471 g/mol. The van der Waals surface area contributed by atoms with Crippen molar-refractivity contribution in [3.05, 3.63) is 101 Å². The lowest BCUT2D eigenvalue weighted by Crippen LogP contribution is -2.33. The number of nitrogens with zero attached hydrogens (tertiary/aromatic N) is 1. The number of rotatable bonds is 5. The van der Waals surface area contributed by atoms with Crippen molar-refractivity contribution in [1.29, 1.82) is 0 Å². The fraction of sp³-hybridized carbons (Fsp3) is 0.148. The SMILES string of the molecule is C=C1C[C@H](C(=O)Nc2ccc3cc[nH]c3c2)[C@@H](C(=O)Nc2ccc(-n3ccccc3=O)cc2F)C1. The van der Waals surface area contributed by atoms with Crippen LogP contribution in [0, 0.1) is 17.7 Å². The van der Waals surface area contributed by atoms with E-state index in [9.17, 15) is 18.8 Å². The zero-order chi connectivity index (χ0) is 24.5. The number of carbonyl (C=O) groups is 2. The van der Waals surface area contributed by atoms with E-state index in [1.54, 1.807) is 18.2 Å². The second-order valence-electron chi connectivity index (χ2n) is 8.70. The molecule has 2 amide bonds. The summed E-state index contributed by atoms with van der Waals surface area (Å²) in [6.45, 7) is 3.97. The maximum Gasteiger partial charge on any atom is 0.255 e. The first-order valence-corrected chi connectivity index (χ1v) is 11.2. The van der Waals surface area contributed by atoms with Gasteiger partial charge in [-0.25, -0.2) is 4.39 Å². The molecule has 35 heavy (non-hydrogen) atoms. The van der Waals surface area contributed by atoms with Crippen LogP contribution in [0.1, 0.15) is 12.8 Å². The molecule has 0 unspecified atom stereocenters. The van der Waals surface area contributed by atoms with E-state index in [1.165, 1.54) is 29.0 Å². The Morgan fingerprint density at radius 1 is 0.971 bits per heavy atom. The molecule has 2 atom stereocenters. The van der Waals surface area contributed by atoms with Crippen molar-refractivity contribution in [2.45, 2.75) is 12.8 Å². The molecule has 2 heterocycles. The summed E-state index contributed by atoms with van der Waals surface area (Å²) >= 11 is 0. The number of nitrogens with one attached hydrogen (secondary N) is 3. The smallest absolute Gasteiger partial charge is 0.255 e. The Bertz CT molecular complexity index is 1520. The summed E-state index contributed by atoms with van der Waals surface area (Å²) in [4.78, 5) is 41.2. The minimum atomic E-state index is -0.677. The molecule has 1 aliphatic carbocycles. The first-order chi connectivity index (χ1) is 16.9. The van der Waals surface area contributed by atoms with E-state index in [-0.39, 0.29) is 17.2 Å². The Kier molecular flexibility index (Phi) is 5.78. The lowest BCUT2D eigenvalue weighted by atomic mass is 9.94. The summed E-state index contributed by atoms with van der Waals surface area (Å²) in [7, 11) is 0. The summed E-state index contributed by atoms with van der Waals surface area (Å²) in [5.41, 5.74) is 2.35. The molecule has 2 aromatic heterocycles. The number of carbonyl (C=O) groups excluding carboxylic acids is 2. The van der Waals surface area contributed by atoms with Crippen LogP contribution in [-0.2, 0) is 9.59 Å². The summed E-state index contributed by atoms with van der Waals surface area (Å²) in [5, 5.41) is 6.53. The number of aromatic amines is 1. The van der Waals surface area contributed by atoms with Crippen molar-refractivity contribution in [2.75, 3.05) is 10.6 Å². The van der Waals surface area contributed by atoms with E-state index in [2.05, 4.69) is 22.2 Å². The van der Waals surface area contributed by atoms with E-state index in [4.69, 9.17) is 0 Å². The van der Waals surface area contributed by atoms with Gasteiger partial charge in [-0.1, -0.05) is 24.3 Å². The molecule has 7 nitrogen and oxygen atoms in total. The third kappa shape index (κ3) is 4.50. The standard InChI is InChI=1S/C27H23FN4O3/c1-16-12-20(26(34)30-18-6-5-17-9-10-29-24(17)14-18)21(13-16)27(35)31-23-8-7-19(15-22(23)28)32-11-3-2-4-25(32)33/h2-11,14-15,20-21,29H,1,12-13H2,(H,30,34)(H,31,35)/t20-,21-/m0/s1. The maximum atomic E-state index is 14.8. The number of hydrogen-bond acceptors (Lipinski definition) is 3. The number of halogens is 1. The van der Waals surface area contributed by atoms with Crippen molar-refractivity contribution in [1.82, 2.24) is 9.55 Å². The summed E-state index contributed by atoms with van der Waals surface area (Å²) in [6.07, 6.45) is 4.09. The number of pyridine rings is 1. The van der Waals surface area contributed by atoms with Gasteiger partial charge in [0.1, 0.15) is 5.82 Å². The van der Waals surface area contributed by atoms with Crippen LogP contribution in [0.3, 0.4) is 0 Å². The van der Waals surface area contributed by atoms with E-state index < -0.39 is 23.6 Å². The lowest BCUT2D eigenvalue weighted by molar-refractivity contribution is -0.128. The molecule has 0 radical (unpaired) electrons. The third-order valence-corrected chi connectivity index (χ3v) is 6.31. The number of anilines is 2. The van der Waals surface area contributed by atoms with Crippen molar-refractivity contribution in [3.63, 3.8) is 0 Å². The molecule has 5 rings (SSSR count). The quantitative estimate of drug-likeness (QED) is 0.372. The largest absolute Gasteiger partial charge is 0.361 e. The summed E-state index contributed by atoms with van der Waals surface area (Å²) in [5.74, 6) is -2.70. The van der Waals surface area contributed by atoms with Gasteiger partial charge in [-0.2, -0.15) is 0 Å².